The molecule has 16 heavy (non-hydrogen) atoms. The molecular formula is C12H23N3O. The fourth-order valence-corrected chi connectivity index (χ4v) is 2.61. The Morgan fingerprint density at radius 3 is 2.50 bits per heavy atom. The zero-order valence-corrected chi connectivity index (χ0v) is 10.2. The molecule has 1 N–H and O–H groups in total. The molecule has 1 unspecified atom stereocenters. The summed E-state index contributed by atoms with van der Waals surface area (Å²) in [6, 6.07) is 0.631. The summed E-state index contributed by atoms with van der Waals surface area (Å²) in [7, 11) is 1.95. The van der Waals surface area contributed by atoms with E-state index in [1.165, 1.54) is 25.7 Å². The Labute approximate surface area is 98.0 Å². The topological polar surface area (TPSA) is 35.6 Å². The van der Waals surface area contributed by atoms with Crippen LogP contribution in [0.4, 0.5) is 4.79 Å². The van der Waals surface area contributed by atoms with E-state index in [0.717, 1.165) is 32.6 Å². The minimum Gasteiger partial charge on any atom is -0.325 e. The van der Waals surface area contributed by atoms with Gasteiger partial charge in [0, 0.05) is 32.7 Å². The number of likely N-dealkylation sites (tertiary alicyclic amines) is 1. The smallest absolute Gasteiger partial charge is 0.320 e. The number of likely N-dealkylation sites (N-methyl/N-ethyl adjacent to an activating group) is 1. The maximum atomic E-state index is 12.3. The number of rotatable bonds is 1. The monoisotopic (exact) mass is 225 g/mol. The average Bonchev–Trinajstić information content (AvgIpc) is 2.70. The number of nitrogens with one attached hydrogen (secondary N) is 1. The number of nitrogens with zero attached hydrogens (tertiary/aromatic N) is 2. The molecule has 0 spiro atoms. The first-order valence-electron chi connectivity index (χ1n) is 6.51. The summed E-state index contributed by atoms with van der Waals surface area (Å²) < 4.78 is 0. The minimum absolute atomic E-state index is 0.232. The number of carbonyl (C=O) groups excluding carboxylic acids is 1. The van der Waals surface area contributed by atoms with Crippen molar-refractivity contribution in [3.8, 4) is 0 Å². The fourth-order valence-electron chi connectivity index (χ4n) is 2.61. The fraction of sp³-hybridized carbons (Fsp3) is 0.917. The highest BCUT2D eigenvalue weighted by Gasteiger charge is 2.26. The minimum atomic E-state index is 0.232. The maximum Gasteiger partial charge on any atom is 0.320 e. The average molecular weight is 225 g/mol. The molecule has 0 aliphatic carbocycles. The lowest BCUT2D eigenvalue weighted by atomic mass is 10.2. The summed E-state index contributed by atoms with van der Waals surface area (Å²) in [6.45, 7) is 3.89. The third kappa shape index (κ3) is 2.67. The summed E-state index contributed by atoms with van der Waals surface area (Å²) >= 11 is 0. The number of amides is 2. The molecule has 2 fully saturated rings. The predicted molar refractivity (Wildman–Crippen MR) is 64.5 cm³/mol. The lowest BCUT2D eigenvalue weighted by Crippen LogP contribution is -2.47. The van der Waals surface area contributed by atoms with Crippen molar-refractivity contribution in [1.29, 1.82) is 0 Å². The summed E-state index contributed by atoms with van der Waals surface area (Å²) in [5.74, 6) is 0. The van der Waals surface area contributed by atoms with Crippen LogP contribution in [0.1, 0.15) is 32.1 Å². The maximum absolute atomic E-state index is 12.3. The Hall–Kier alpha value is -0.770. The van der Waals surface area contributed by atoms with Crippen molar-refractivity contribution < 1.29 is 4.79 Å². The van der Waals surface area contributed by atoms with Crippen LogP contribution in [0.15, 0.2) is 0 Å². The third-order valence-electron chi connectivity index (χ3n) is 3.76. The van der Waals surface area contributed by atoms with Gasteiger partial charge in [-0.1, -0.05) is 12.8 Å². The molecular weight excluding hydrogens is 202 g/mol. The molecule has 0 aromatic heterocycles. The van der Waals surface area contributed by atoms with Gasteiger partial charge in [-0.15, -0.1) is 0 Å². The van der Waals surface area contributed by atoms with Crippen molar-refractivity contribution >= 4 is 6.03 Å². The van der Waals surface area contributed by atoms with Gasteiger partial charge in [-0.2, -0.15) is 0 Å². The van der Waals surface area contributed by atoms with Crippen molar-refractivity contribution in [3.05, 3.63) is 0 Å². The molecule has 0 aromatic carbocycles. The number of urea groups is 1. The summed E-state index contributed by atoms with van der Waals surface area (Å²) in [6.07, 6.45) is 5.98. The molecule has 2 aliphatic rings. The van der Waals surface area contributed by atoms with E-state index in [0.29, 0.717) is 6.04 Å². The zero-order valence-electron chi connectivity index (χ0n) is 10.2. The van der Waals surface area contributed by atoms with E-state index < -0.39 is 0 Å². The van der Waals surface area contributed by atoms with E-state index in [9.17, 15) is 4.79 Å². The van der Waals surface area contributed by atoms with Crippen molar-refractivity contribution in [3.63, 3.8) is 0 Å². The van der Waals surface area contributed by atoms with Crippen LogP contribution < -0.4 is 5.32 Å². The molecule has 0 saturated carbocycles. The first-order chi connectivity index (χ1) is 7.79. The quantitative estimate of drug-likeness (QED) is 0.729. The van der Waals surface area contributed by atoms with Crippen LogP contribution in [0.2, 0.25) is 0 Å². The molecule has 4 heteroatoms. The Balaban J connectivity index is 1.88. The normalized spacial score (nSPS) is 26.6. The van der Waals surface area contributed by atoms with E-state index in [-0.39, 0.29) is 6.03 Å². The van der Waals surface area contributed by atoms with E-state index in [1.54, 1.807) is 0 Å². The zero-order chi connectivity index (χ0) is 11.4. The highest BCUT2D eigenvalue weighted by atomic mass is 16.2. The second-order valence-corrected chi connectivity index (χ2v) is 4.94. The summed E-state index contributed by atoms with van der Waals surface area (Å²) in [5, 5.41) is 3.31. The molecule has 92 valence electrons. The van der Waals surface area contributed by atoms with Gasteiger partial charge in [0.2, 0.25) is 0 Å². The third-order valence-corrected chi connectivity index (χ3v) is 3.76. The van der Waals surface area contributed by atoms with Gasteiger partial charge in [-0.25, -0.2) is 4.79 Å². The first-order valence-corrected chi connectivity index (χ1v) is 6.51. The van der Waals surface area contributed by atoms with Gasteiger partial charge < -0.3 is 15.1 Å². The van der Waals surface area contributed by atoms with Gasteiger partial charge in [0.1, 0.15) is 0 Å². The van der Waals surface area contributed by atoms with Crippen molar-refractivity contribution in [2.24, 2.45) is 0 Å². The van der Waals surface area contributed by atoms with Crippen LogP contribution in [-0.4, -0.2) is 55.1 Å². The number of hydrogen-bond donors (Lipinski definition) is 1. The number of hydrogen-bond acceptors (Lipinski definition) is 2. The van der Waals surface area contributed by atoms with Gasteiger partial charge in [0.15, 0.2) is 0 Å². The molecule has 0 bridgehead atoms. The van der Waals surface area contributed by atoms with Gasteiger partial charge in [-0.3, -0.25) is 0 Å². The van der Waals surface area contributed by atoms with E-state index >= 15 is 0 Å². The molecule has 2 amide bonds. The number of carbonyl (C=O) groups is 1. The Morgan fingerprint density at radius 1 is 1.25 bits per heavy atom. The largest absolute Gasteiger partial charge is 0.325 e. The molecule has 4 nitrogen and oxygen atoms in total. The van der Waals surface area contributed by atoms with Gasteiger partial charge in [-0.05, 0) is 25.8 Å². The second-order valence-electron chi connectivity index (χ2n) is 4.94. The second kappa shape index (κ2) is 5.53. The SMILES string of the molecule is CN(C(=O)N1CCCCCC1)C1CCNC1. The standard InChI is InChI=1S/C12H23N3O/c1-14(11-6-7-13-10-11)12(16)15-8-4-2-3-5-9-15/h11,13H,2-10H2,1H3. The highest BCUT2D eigenvalue weighted by Crippen LogP contribution is 2.14. The van der Waals surface area contributed by atoms with Gasteiger partial charge in [0.05, 0.1) is 0 Å². The van der Waals surface area contributed by atoms with Crippen LogP contribution in [0, 0.1) is 0 Å². The Bertz CT molecular complexity index is 226. The Morgan fingerprint density at radius 2 is 1.94 bits per heavy atom. The van der Waals surface area contributed by atoms with E-state index in [1.807, 2.05) is 16.8 Å². The van der Waals surface area contributed by atoms with Crippen molar-refractivity contribution in [1.82, 2.24) is 15.1 Å². The molecule has 2 saturated heterocycles. The van der Waals surface area contributed by atoms with Crippen LogP contribution in [0.5, 0.6) is 0 Å². The summed E-state index contributed by atoms with van der Waals surface area (Å²) in [5.41, 5.74) is 0. The molecule has 2 heterocycles. The lowest BCUT2D eigenvalue weighted by Gasteiger charge is -2.30. The van der Waals surface area contributed by atoms with Crippen molar-refractivity contribution in [2.75, 3.05) is 33.2 Å². The lowest BCUT2D eigenvalue weighted by molar-refractivity contribution is 0.151. The van der Waals surface area contributed by atoms with E-state index in [4.69, 9.17) is 0 Å². The van der Waals surface area contributed by atoms with Crippen LogP contribution in [0.3, 0.4) is 0 Å². The van der Waals surface area contributed by atoms with Crippen LogP contribution >= 0.6 is 0 Å². The molecule has 0 aromatic rings. The molecule has 2 aliphatic heterocycles. The highest BCUT2D eigenvalue weighted by molar-refractivity contribution is 5.74. The molecule has 0 radical (unpaired) electrons. The first kappa shape index (κ1) is 11.7. The molecule has 1 atom stereocenters. The van der Waals surface area contributed by atoms with E-state index in [2.05, 4.69) is 5.32 Å². The van der Waals surface area contributed by atoms with Crippen LogP contribution in [0.25, 0.3) is 0 Å². The van der Waals surface area contributed by atoms with Crippen LogP contribution in [-0.2, 0) is 0 Å². The predicted octanol–water partition coefficient (Wildman–Crippen LogP) is 1.28. The summed E-state index contributed by atoms with van der Waals surface area (Å²) in [4.78, 5) is 16.2. The van der Waals surface area contributed by atoms with Gasteiger partial charge in [0.25, 0.3) is 0 Å². The Kier molecular flexibility index (Phi) is 4.04. The van der Waals surface area contributed by atoms with Crippen molar-refractivity contribution in [2.45, 2.75) is 38.1 Å². The molecule has 2 rings (SSSR count). The van der Waals surface area contributed by atoms with Gasteiger partial charge >= 0.3 is 6.03 Å².